The number of aromatic hydroxyl groups is 1. The minimum absolute atomic E-state index is 0.292. The van der Waals surface area contributed by atoms with Crippen molar-refractivity contribution in [3.8, 4) is 16.9 Å². The van der Waals surface area contributed by atoms with Crippen LogP contribution in [0.1, 0.15) is 0 Å². The van der Waals surface area contributed by atoms with Gasteiger partial charge in [-0.05, 0) is 35.4 Å². The smallest absolute Gasteiger partial charge is 0.115 e. The van der Waals surface area contributed by atoms with E-state index in [1.165, 1.54) is 10.8 Å². The Kier molecular flexibility index (Phi) is 2.30. The summed E-state index contributed by atoms with van der Waals surface area (Å²) in [5, 5.41) is 11.9. The molecule has 0 atom stereocenters. The SMILES string of the molecule is Oc1ccc(-c2ccc3c(c2)[nH]c2ccccc23)cc1. The van der Waals surface area contributed by atoms with Gasteiger partial charge in [-0.15, -0.1) is 0 Å². The van der Waals surface area contributed by atoms with E-state index in [9.17, 15) is 5.11 Å². The second kappa shape index (κ2) is 4.14. The summed E-state index contributed by atoms with van der Waals surface area (Å²) in [5.41, 5.74) is 4.54. The molecule has 2 nitrogen and oxygen atoms in total. The fraction of sp³-hybridized carbons (Fsp3) is 0. The first-order valence-corrected chi connectivity index (χ1v) is 6.61. The number of benzene rings is 3. The number of nitrogens with one attached hydrogen (secondary N) is 1. The highest BCUT2D eigenvalue weighted by atomic mass is 16.3. The van der Waals surface area contributed by atoms with Gasteiger partial charge in [0.25, 0.3) is 0 Å². The van der Waals surface area contributed by atoms with Crippen LogP contribution in [0.2, 0.25) is 0 Å². The van der Waals surface area contributed by atoms with Gasteiger partial charge in [-0.25, -0.2) is 0 Å². The molecular weight excluding hydrogens is 246 g/mol. The number of para-hydroxylation sites is 1. The second-order valence-corrected chi connectivity index (χ2v) is 4.98. The molecule has 2 N–H and O–H groups in total. The van der Waals surface area contributed by atoms with Crippen LogP contribution in [-0.2, 0) is 0 Å². The molecule has 0 spiro atoms. The minimum atomic E-state index is 0.292. The van der Waals surface area contributed by atoms with Crippen molar-refractivity contribution < 1.29 is 5.11 Å². The Morgan fingerprint density at radius 2 is 1.35 bits per heavy atom. The highest BCUT2D eigenvalue weighted by molar-refractivity contribution is 6.08. The first-order chi connectivity index (χ1) is 9.81. The highest BCUT2D eigenvalue weighted by Crippen LogP contribution is 2.30. The van der Waals surface area contributed by atoms with E-state index in [1.54, 1.807) is 12.1 Å². The topological polar surface area (TPSA) is 36.0 Å². The number of hydrogen-bond donors (Lipinski definition) is 2. The Labute approximate surface area is 116 Å². The molecule has 0 aliphatic heterocycles. The van der Waals surface area contributed by atoms with Crippen LogP contribution >= 0.6 is 0 Å². The molecule has 0 fully saturated rings. The van der Waals surface area contributed by atoms with Crippen molar-refractivity contribution >= 4 is 21.8 Å². The van der Waals surface area contributed by atoms with E-state index in [0.717, 1.165) is 22.2 Å². The quantitative estimate of drug-likeness (QED) is 0.511. The molecule has 0 amide bonds. The van der Waals surface area contributed by atoms with Gasteiger partial charge < -0.3 is 10.1 Å². The van der Waals surface area contributed by atoms with Crippen LogP contribution < -0.4 is 0 Å². The minimum Gasteiger partial charge on any atom is -0.508 e. The maximum Gasteiger partial charge on any atom is 0.115 e. The average Bonchev–Trinajstić information content (AvgIpc) is 2.85. The summed E-state index contributed by atoms with van der Waals surface area (Å²) >= 11 is 0. The van der Waals surface area contributed by atoms with Crippen LogP contribution in [0.3, 0.4) is 0 Å². The van der Waals surface area contributed by atoms with Gasteiger partial charge >= 0.3 is 0 Å². The molecular formula is C18H13NO. The molecule has 0 bridgehead atoms. The zero-order valence-corrected chi connectivity index (χ0v) is 10.8. The van der Waals surface area contributed by atoms with Gasteiger partial charge in [-0.3, -0.25) is 0 Å². The Morgan fingerprint density at radius 1 is 0.650 bits per heavy atom. The van der Waals surface area contributed by atoms with Crippen molar-refractivity contribution in [2.75, 3.05) is 0 Å². The summed E-state index contributed by atoms with van der Waals surface area (Å²) < 4.78 is 0. The number of hydrogen-bond acceptors (Lipinski definition) is 1. The highest BCUT2D eigenvalue weighted by Gasteiger charge is 2.05. The zero-order chi connectivity index (χ0) is 13.5. The number of fused-ring (bicyclic) bond motifs is 3. The predicted octanol–water partition coefficient (Wildman–Crippen LogP) is 4.69. The van der Waals surface area contributed by atoms with E-state index in [2.05, 4.69) is 41.4 Å². The van der Waals surface area contributed by atoms with Crippen molar-refractivity contribution in [1.82, 2.24) is 4.98 Å². The van der Waals surface area contributed by atoms with E-state index in [0.29, 0.717) is 5.75 Å². The number of phenols is 1. The number of phenolic OH excluding ortho intramolecular Hbond substituents is 1. The molecule has 1 heterocycles. The first kappa shape index (κ1) is 11.1. The second-order valence-electron chi connectivity index (χ2n) is 4.98. The molecule has 0 radical (unpaired) electrons. The zero-order valence-electron chi connectivity index (χ0n) is 10.8. The van der Waals surface area contributed by atoms with Crippen LogP contribution in [0.5, 0.6) is 5.75 Å². The lowest BCUT2D eigenvalue weighted by atomic mass is 10.0. The van der Waals surface area contributed by atoms with E-state index >= 15 is 0 Å². The number of H-pyrrole nitrogens is 1. The standard InChI is InChI=1S/C18H13NO/c20-14-8-5-12(6-9-14)13-7-10-16-15-3-1-2-4-17(15)19-18(16)11-13/h1-11,19-20H. The average molecular weight is 259 g/mol. The summed E-state index contributed by atoms with van der Waals surface area (Å²) in [7, 11) is 0. The van der Waals surface area contributed by atoms with Gasteiger partial charge in [0, 0.05) is 21.8 Å². The molecule has 3 aromatic carbocycles. The molecule has 4 rings (SSSR count). The molecule has 0 aliphatic carbocycles. The first-order valence-electron chi connectivity index (χ1n) is 6.61. The Morgan fingerprint density at radius 3 is 2.20 bits per heavy atom. The molecule has 4 aromatic rings. The van der Waals surface area contributed by atoms with E-state index in [1.807, 2.05) is 18.2 Å². The van der Waals surface area contributed by atoms with E-state index < -0.39 is 0 Å². The Bertz CT molecular complexity index is 904. The predicted molar refractivity (Wildman–Crippen MR) is 82.9 cm³/mol. The van der Waals surface area contributed by atoms with Crippen LogP contribution in [0.4, 0.5) is 0 Å². The molecule has 0 unspecified atom stereocenters. The van der Waals surface area contributed by atoms with E-state index in [4.69, 9.17) is 0 Å². The number of aromatic nitrogens is 1. The van der Waals surface area contributed by atoms with Crippen molar-refractivity contribution in [3.63, 3.8) is 0 Å². The molecule has 20 heavy (non-hydrogen) atoms. The van der Waals surface area contributed by atoms with Crippen LogP contribution in [-0.4, -0.2) is 10.1 Å². The third kappa shape index (κ3) is 1.66. The lowest BCUT2D eigenvalue weighted by Crippen LogP contribution is -1.77. The summed E-state index contributed by atoms with van der Waals surface area (Å²) in [4.78, 5) is 3.45. The Hall–Kier alpha value is -2.74. The maximum absolute atomic E-state index is 9.36. The van der Waals surface area contributed by atoms with Gasteiger partial charge in [0.05, 0.1) is 0 Å². The monoisotopic (exact) mass is 259 g/mol. The Balaban J connectivity index is 1.94. The lowest BCUT2D eigenvalue weighted by Gasteiger charge is -2.02. The molecule has 0 aliphatic rings. The van der Waals surface area contributed by atoms with Crippen molar-refractivity contribution in [2.45, 2.75) is 0 Å². The van der Waals surface area contributed by atoms with Gasteiger partial charge in [0.15, 0.2) is 0 Å². The van der Waals surface area contributed by atoms with E-state index in [-0.39, 0.29) is 0 Å². The fourth-order valence-electron chi connectivity index (χ4n) is 2.69. The third-order valence-corrected chi connectivity index (χ3v) is 3.71. The molecule has 1 aromatic heterocycles. The number of rotatable bonds is 1. The van der Waals surface area contributed by atoms with Crippen LogP contribution in [0.15, 0.2) is 66.7 Å². The summed E-state index contributed by atoms with van der Waals surface area (Å²) in [6, 6.07) is 22.0. The van der Waals surface area contributed by atoms with Crippen molar-refractivity contribution in [3.05, 3.63) is 66.7 Å². The third-order valence-electron chi connectivity index (χ3n) is 3.71. The molecule has 96 valence electrons. The largest absolute Gasteiger partial charge is 0.508 e. The van der Waals surface area contributed by atoms with Crippen LogP contribution in [0.25, 0.3) is 32.9 Å². The van der Waals surface area contributed by atoms with Crippen LogP contribution in [0, 0.1) is 0 Å². The number of aromatic amines is 1. The van der Waals surface area contributed by atoms with Gasteiger partial charge in [-0.2, -0.15) is 0 Å². The summed E-state index contributed by atoms with van der Waals surface area (Å²) in [6.45, 7) is 0. The normalized spacial score (nSPS) is 11.2. The lowest BCUT2D eigenvalue weighted by molar-refractivity contribution is 0.475. The van der Waals surface area contributed by atoms with Crippen molar-refractivity contribution in [2.24, 2.45) is 0 Å². The maximum atomic E-state index is 9.36. The summed E-state index contributed by atoms with van der Waals surface area (Å²) in [6.07, 6.45) is 0. The van der Waals surface area contributed by atoms with Gasteiger partial charge in [-0.1, -0.05) is 42.5 Å². The van der Waals surface area contributed by atoms with Gasteiger partial charge in [0.2, 0.25) is 0 Å². The fourth-order valence-corrected chi connectivity index (χ4v) is 2.69. The van der Waals surface area contributed by atoms with Gasteiger partial charge in [0.1, 0.15) is 5.75 Å². The molecule has 2 heteroatoms. The summed E-state index contributed by atoms with van der Waals surface area (Å²) in [5.74, 6) is 0.292. The molecule has 0 saturated carbocycles. The van der Waals surface area contributed by atoms with Crippen molar-refractivity contribution in [1.29, 1.82) is 0 Å². The molecule has 0 saturated heterocycles.